The van der Waals surface area contributed by atoms with Gasteiger partial charge >= 0.3 is 5.97 Å². The van der Waals surface area contributed by atoms with Gasteiger partial charge < -0.3 is 15.0 Å². The number of methoxy groups -OCH3 is 1. The molecule has 28 heavy (non-hydrogen) atoms. The van der Waals surface area contributed by atoms with E-state index in [0.717, 1.165) is 16.4 Å². The van der Waals surface area contributed by atoms with Gasteiger partial charge in [-0.05, 0) is 36.4 Å². The Morgan fingerprint density at radius 3 is 2.61 bits per heavy atom. The lowest BCUT2D eigenvalue weighted by molar-refractivity contribution is -0.136. The average molecular weight is 420 g/mol. The lowest BCUT2D eigenvalue weighted by atomic mass is 9.93. The Hall–Kier alpha value is -2.25. The minimum atomic E-state index is -0.428. The summed E-state index contributed by atoms with van der Waals surface area (Å²) in [6, 6.07) is 6.93. The van der Waals surface area contributed by atoms with Crippen molar-refractivity contribution in [2.24, 2.45) is 4.99 Å². The van der Waals surface area contributed by atoms with Gasteiger partial charge in [-0.2, -0.15) is 0 Å². The van der Waals surface area contributed by atoms with Crippen molar-refractivity contribution in [1.82, 2.24) is 10.2 Å². The van der Waals surface area contributed by atoms with Crippen LogP contribution in [0.3, 0.4) is 0 Å². The molecule has 0 aromatic heterocycles. The second kappa shape index (κ2) is 8.84. The first-order valence-corrected chi connectivity index (χ1v) is 10.3. The zero-order valence-corrected chi connectivity index (χ0v) is 17.6. The van der Waals surface area contributed by atoms with Crippen LogP contribution in [0.4, 0.5) is 0 Å². The normalized spacial score (nSPS) is 18.4. The van der Waals surface area contributed by atoms with Crippen LogP contribution in [-0.2, 0) is 14.3 Å². The van der Waals surface area contributed by atoms with Crippen molar-refractivity contribution in [3.8, 4) is 0 Å². The number of carbonyl (C=O) groups excluding carboxylic acids is 2. The summed E-state index contributed by atoms with van der Waals surface area (Å²) in [4.78, 5) is 31.5. The number of rotatable bonds is 6. The van der Waals surface area contributed by atoms with Crippen molar-refractivity contribution in [2.75, 3.05) is 13.7 Å². The van der Waals surface area contributed by atoms with Gasteiger partial charge in [-0.3, -0.25) is 4.79 Å². The fraction of sp³-hybridized carbons (Fsp3) is 0.350. The number of aliphatic imine (C=N–C) groups is 1. The van der Waals surface area contributed by atoms with Crippen LogP contribution in [0, 0.1) is 0 Å². The quantitative estimate of drug-likeness (QED) is 0.705. The number of hydrogen-bond acceptors (Lipinski definition) is 6. The molecule has 1 N–H and O–H groups in total. The van der Waals surface area contributed by atoms with Gasteiger partial charge in [-0.15, -0.1) is 0 Å². The average Bonchev–Trinajstić information content (AvgIpc) is 3.09. The molecule has 1 aromatic carbocycles. The zero-order valence-electron chi connectivity index (χ0n) is 16.0. The Balaban J connectivity index is 2.09. The second-order valence-corrected chi connectivity index (χ2v) is 7.55. The number of hydrogen-bond donors (Lipinski definition) is 1. The van der Waals surface area contributed by atoms with Gasteiger partial charge in [-0.1, -0.05) is 42.4 Å². The maximum atomic E-state index is 12.7. The molecular weight excluding hydrogens is 398 g/mol. The van der Waals surface area contributed by atoms with Crippen molar-refractivity contribution in [1.29, 1.82) is 0 Å². The highest BCUT2D eigenvalue weighted by Crippen LogP contribution is 2.45. The molecule has 0 saturated carbocycles. The predicted octanol–water partition coefficient (Wildman–Crippen LogP) is 4.00. The van der Waals surface area contributed by atoms with E-state index in [0.29, 0.717) is 29.3 Å². The first kappa shape index (κ1) is 20.5. The number of ether oxygens (including phenoxy) is 1. The number of fused-ring (bicyclic) bond motifs is 1. The summed E-state index contributed by atoms with van der Waals surface area (Å²) in [5, 5.41) is 6.11. The Morgan fingerprint density at radius 1 is 1.29 bits per heavy atom. The van der Waals surface area contributed by atoms with Crippen LogP contribution in [0.1, 0.15) is 38.3 Å². The number of nitrogens with one attached hydrogen (secondary N) is 1. The van der Waals surface area contributed by atoms with Crippen LogP contribution in [0.2, 0.25) is 5.02 Å². The standard InChI is InChI=1S/C20H22ClN3O3S/c1-4-15-17(19(26)27-3)18(12-6-8-13(21)9-7-12)24-14(10-16(25)22-5-2)11-28-20(24)23-15/h6-9,11,18H,4-5,10H2,1-3H3,(H,22,25). The number of carbonyl (C=O) groups is 2. The first-order valence-electron chi connectivity index (χ1n) is 9.07. The number of halogens is 1. The van der Waals surface area contributed by atoms with E-state index in [1.54, 1.807) is 12.1 Å². The molecule has 2 aliphatic heterocycles. The summed E-state index contributed by atoms with van der Waals surface area (Å²) < 4.78 is 5.08. The third-order valence-corrected chi connectivity index (χ3v) is 5.67. The minimum absolute atomic E-state index is 0.0738. The fourth-order valence-electron chi connectivity index (χ4n) is 3.30. The number of esters is 1. The third kappa shape index (κ3) is 3.95. The van der Waals surface area contributed by atoms with Crippen molar-refractivity contribution >= 4 is 40.4 Å². The van der Waals surface area contributed by atoms with Crippen molar-refractivity contribution in [3.05, 3.63) is 57.2 Å². The van der Waals surface area contributed by atoms with E-state index < -0.39 is 12.0 Å². The van der Waals surface area contributed by atoms with Gasteiger partial charge in [0.1, 0.15) is 0 Å². The summed E-state index contributed by atoms with van der Waals surface area (Å²) in [6.45, 7) is 4.40. The lowest BCUT2D eigenvalue weighted by Crippen LogP contribution is -2.38. The Bertz CT molecular complexity index is 877. The highest BCUT2D eigenvalue weighted by molar-refractivity contribution is 8.16. The number of amidine groups is 1. The molecule has 0 spiro atoms. The van der Waals surface area contributed by atoms with Crippen LogP contribution in [0.15, 0.2) is 51.6 Å². The van der Waals surface area contributed by atoms with E-state index in [-0.39, 0.29) is 12.3 Å². The summed E-state index contributed by atoms with van der Waals surface area (Å²) in [7, 11) is 1.37. The van der Waals surface area contributed by atoms with Crippen molar-refractivity contribution in [3.63, 3.8) is 0 Å². The number of benzene rings is 1. The number of amides is 1. The van der Waals surface area contributed by atoms with E-state index >= 15 is 0 Å². The predicted molar refractivity (Wildman–Crippen MR) is 112 cm³/mol. The molecule has 0 radical (unpaired) electrons. The summed E-state index contributed by atoms with van der Waals surface area (Å²) in [6.07, 6.45) is 0.804. The molecule has 1 atom stereocenters. The minimum Gasteiger partial charge on any atom is -0.466 e. The Labute approximate surface area is 173 Å². The van der Waals surface area contributed by atoms with Gasteiger partial charge in [0.05, 0.1) is 30.8 Å². The van der Waals surface area contributed by atoms with Crippen LogP contribution >= 0.6 is 23.4 Å². The Kier molecular flexibility index (Phi) is 6.46. The molecule has 0 aliphatic carbocycles. The topological polar surface area (TPSA) is 71.0 Å². The highest BCUT2D eigenvalue weighted by atomic mass is 35.5. The van der Waals surface area contributed by atoms with Gasteiger partial charge in [0.2, 0.25) is 5.91 Å². The van der Waals surface area contributed by atoms with Crippen molar-refractivity contribution in [2.45, 2.75) is 32.7 Å². The molecule has 2 aliphatic rings. The molecular formula is C20H22ClN3O3S. The lowest BCUT2D eigenvalue weighted by Gasteiger charge is -2.36. The zero-order chi connectivity index (χ0) is 20.3. The van der Waals surface area contributed by atoms with E-state index in [1.807, 2.05) is 36.3 Å². The number of allylic oxidation sites excluding steroid dienone is 1. The first-order chi connectivity index (χ1) is 13.5. The van der Waals surface area contributed by atoms with Gasteiger partial charge in [-0.25, -0.2) is 9.79 Å². The van der Waals surface area contributed by atoms with Gasteiger partial charge in [0.25, 0.3) is 0 Å². The number of thioether (sulfide) groups is 1. The van der Waals surface area contributed by atoms with Gasteiger partial charge in [0.15, 0.2) is 5.17 Å². The SMILES string of the molecule is CCNC(=O)CC1=CSC2=NC(CC)=C(C(=O)OC)C(c3ccc(Cl)cc3)N12. The molecule has 0 saturated heterocycles. The van der Waals surface area contributed by atoms with Crippen LogP contribution < -0.4 is 5.32 Å². The van der Waals surface area contributed by atoms with E-state index in [2.05, 4.69) is 10.3 Å². The highest BCUT2D eigenvalue weighted by Gasteiger charge is 2.41. The molecule has 0 fully saturated rings. The molecule has 6 nitrogen and oxygen atoms in total. The Morgan fingerprint density at radius 2 is 2.00 bits per heavy atom. The second-order valence-electron chi connectivity index (χ2n) is 6.28. The molecule has 2 heterocycles. The summed E-state index contributed by atoms with van der Waals surface area (Å²) in [5.74, 6) is -0.496. The van der Waals surface area contributed by atoms with Gasteiger partial charge in [0, 0.05) is 17.3 Å². The fourth-order valence-corrected chi connectivity index (χ4v) is 4.36. The molecule has 8 heteroatoms. The molecule has 1 aromatic rings. The maximum Gasteiger partial charge on any atom is 0.338 e. The van der Waals surface area contributed by atoms with Crippen LogP contribution in [0.5, 0.6) is 0 Å². The largest absolute Gasteiger partial charge is 0.466 e. The molecule has 1 amide bonds. The molecule has 3 rings (SSSR count). The van der Waals surface area contributed by atoms with Crippen molar-refractivity contribution < 1.29 is 14.3 Å². The summed E-state index contributed by atoms with van der Waals surface area (Å²) >= 11 is 7.52. The van der Waals surface area contributed by atoms with E-state index in [1.165, 1.54) is 18.9 Å². The molecule has 1 unspecified atom stereocenters. The van der Waals surface area contributed by atoms with E-state index in [9.17, 15) is 9.59 Å². The van der Waals surface area contributed by atoms with Crippen LogP contribution in [0.25, 0.3) is 0 Å². The van der Waals surface area contributed by atoms with E-state index in [4.69, 9.17) is 16.3 Å². The van der Waals surface area contributed by atoms with Crippen LogP contribution in [-0.4, -0.2) is 35.6 Å². The maximum absolute atomic E-state index is 12.7. The summed E-state index contributed by atoms with van der Waals surface area (Å²) in [5.41, 5.74) is 2.86. The number of nitrogens with zero attached hydrogens (tertiary/aromatic N) is 2. The monoisotopic (exact) mass is 419 g/mol. The molecule has 148 valence electrons. The third-order valence-electron chi connectivity index (χ3n) is 4.53. The smallest absolute Gasteiger partial charge is 0.338 e. The molecule has 0 bridgehead atoms.